The van der Waals surface area contributed by atoms with Gasteiger partial charge in [-0.15, -0.1) is 0 Å². The van der Waals surface area contributed by atoms with E-state index in [1.54, 1.807) is 0 Å². The third kappa shape index (κ3) is 2.99. The molecule has 1 saturated heterocycles. The lowest BCUT2D eigenvalue weighted by Gasteiger charge is -2.27. The van der Waals surface area contributed by atoms with Gasteiger partial charge in [-0.3, -0.25) is 0 Å². The number of nitrogens with one attached hydrogen (secondary N) is 1. The maximum absolute atomic E-state index is 4.70. The first-order valence-corrected chi connectivity index (χ1v) is 7.53. The van der Waals surface area contributed by atoms with Crippen LogP contribution in [0.3, 0.4) is 0 Å². The van der Waals surface area contributed by atoms with E-state index in [0.29, 0.717) is 6.04 Å². The summed E-state index contributed by atoms with van der Waals surface area (Å²) in [4.78, 5) is 11.7. The first-order valence-electron chi connectivity index (χ1n) is 7.53. The van der Waals surface area contributed by atoms with Crippen molar-refractivity contribution in [1.82, 2.24) is 9.97 Å². The van der Waals surface area contributed by atoms with E-state index in [1.165, 1.54) is 24.8 Å². The summed E-state index contributed by atoms with van der Waals surface area (Å²) in [5.74, 6) is 3.00. The van der Waals surface area contributed by atoms with Crippen molar-refractivity contribution >= 4 is 11.6 Å². The number of hydrogen-bond acceptors (Lipinski definition) is 4. The van der Waals surface area contributed by atoms with Gasteiger partial charge in [0.05, 0.1) is 0 Å². The van der Waals surface area contributed by atoms with Crippen molar-refractivity contribution in [2.24, 2.45) is 0 Å². The molecular weight excluding hydrogens is 236 g/mol. The molecular formula is C15H26N4. The van der Waals surface area contributed by atoms with Gasteiger partial charge in [-0.05, 0) is 39.5 Å². The average Bonchev–Trinajstić information content (AvgIpc) is 2.87. The predicted octanol–water partition coefficient (Wildman–Crippen LogP) is 3.29. The van der Waals surface area contributed by atoms with Crippen molar-refractivity contribution in [3.05, 3.63) is 11.4 Å². The molecule has 0 aliphatic carbocycles. The zero-order chi connectivity index (χ0) is 13.8. The zero-order valence-corrected chi connectivity index (χ0v) is 12.7. The number of aromatic nitrogens is 2. The Morgan fingerprint density at radius 3 is 2.74 bits per heavy atom. The summed E-state index contributed by atoms with van der Waals surface area (Å²) >= 11 is 0. The summed E-state index contributed by atoms with van der Waals surface area (Å²) in [6, 6.07) is 0.645. The molecule has 0 spiro atoms. The second-order valence-corrected chi connectivity index (χ2v) is 5.39. The van der Waals surface area contributed by atoms with E-state index in [1.807, 2.05) is 6.92 Å². The number of hydrogen-bond donors (Lipinski definition) is 1. The minimum Gasteiger partial charge on any atom is -0.370 e. The van der Waals surface area contributed by atoms with E-state index < -0.39 is 0 Å². The van der Waals surface area contributed by atoms with Gasteiger partial charge in [-0.1, -0.05) is 13.8 Å². The van der Waals surface area contributed by atoms with Gasteiger partial charge in [0.25, 0.3) is 0 Å². The van der Waals surface area contributed by atoms with Gasteiger partial charge in [-0.25, -0.2) is 9.97 Å². The largest absolute Gasteiger partial charge is 0.370 e. The average molecular weight is 262 g/mol. The molecule has 1 atom stereocenters. The second-order valence-electron chi connectivity index (χ2n) is 5.39. The highest BCUT2D eigenvalue weighted by Gasteiger charge is 2.26. The molecule has 1 aliphatic rings. The van der Waals surface area contributed by atoms with Crippen molar-refractivity contribution in [2.75, 3.05) is 23.3 Å². The predicted molar refractivity (Wildman–Crippen MR) is 80.9 cm³/mol. The highest BCUT2D eigenvalue weighted by atomic mass is 15.2. The van der Waals surface area contributed by atoms with Crippen LogP contribution in [0.2, 0.25) is 0 Å². The molecule has 2 heterocycles. The van der Waals surface area contributed by atoms with E-state index in [0.717, 1.165) is 37.0 Å². The van der Waals surface area contributed by atoms with Gasteiger partial charge in [0.15, 0.2) is 0 Å². The van der Waals surface area contributed by atoms with Gasteiger partial charge in [-0.2, -0.15) is 0 Å². The maximum atomic E-state index is 4.70. The number of nitrogens with zero attached hydrogens (tertiary/aromatic N) is 3. The Morgan fingerprint density at radius 2 is 2.05 bits per heavy atom. The Morgan fingerprint density at radius 1 is 1.26 bits per heavy atom. The zero-order valence-electron chi connectivity index (χ0n) is 12.7. The molecule has 0 radical (unpaired) electrons. The van der Waals surface area contributed by atoms with Crippen molar-refractivity contribution in [2.45, 2.75) is 59.4 Å². The second kappa shape index (κ2) is 6.22. The molecule has 19 heavy (non-hydrogen) atoms. The van der Waals surface area contributed by atoms with Crippen LogP contribution in [0.1, 0.15) is 50.9 Å². The molecule has 0 aromatic carbocycles. The van der Waals surface area contributed by atoms with Crippen molar-refractivity contribution in [3.8, 4) is 0 Å². The first kappa shape index (κ1) is 14.1. The fourth-order valence-electron chi connectivity index (χ4n) is 2.85. The molecule has 0 bridgehead atoms. The van der Waals surface area contributed by atoms with Crippen LogP contribution in [0.15, 0.2) is 0 Å². The fourth-order valence-corrected chi connectivity index (χ4v) is 2.85. The summed E-state index contributed by atoms with van der Waals surface area (Å²) in [6.07, 6.45) is 4.87. The lowest BCUT2D eigenvalue weighted by atomic mass is 10.1. The van der Waals surface area contributed by atoms with Crippen LogP contribution in [0.4, 0.5) is 11.6 Å². The van der Waals surface area contributed by atoms with Gasteiger partial charge >= 0.3 is 0 Å². The Balaban J connectivity index is 2.31. The fraction of sp³-hybridized carbons (Fsp3) is 0.733. The normalized spacial score (nSPS) is 18.9. The molecule has 1 fully saturated rings. The summed E-state index contributed by atoms with van der Waals surface area (Å²) < 4.78 is 0. The molecule has 4 heteroatoms. The van der Waals surface area contributed by atoms with Gasteiger partial charge in [0, 0.05) is 24.7 Å². The SMILES string of the molecule is CCCNc1nc(C)nc(N2CCCC2CC)c1C. The number of aryl methyl sites for hydroxylation is 1. The molecule has 106 valence electrons. The Hall–Kier alpha value is -1.32. The van der Waals surface area contributed by atoms with Gasteiger partial charge < -0.3 is 10.2 Å². The molecule has 1 unspecified atom stereocenters. The van der Waals surface area contributed by atoms with E-state index in [2.05, 4.69) is 36.0 Å². The Kier molecular flexibility index (Phi) is 4.61. The van der Waals surface area contributed by atoms with E-state index in [4.69, 9.17) is 4.98 Å². The minimum atomic E-state index is 0.645. The minimum absolute atomic E-state index is 0.645. The Labute approximate surface area is 116 Å². The molecule has 1 aliphatic heterocycles. The monoisotopic (exact) mass is 262 g/mol. The molecule has 2 rings (SSSR count). The molecule has 1 N–H and O–H groups in total. The van der Waals surface area contributed by atoms with Gasteiger partial charge in [0.2, 0.25) is 0 Å². The topological polar surface area (TPSA) is 41.1 Å². The highest BCUT2D eigenvalue weighted by molar-refractivity contribution is 5.59. The highest BCUT2D eigenvalue weighted by Crippen LogP contribution is 2.30. The van der Waals surface area contributed by atoms with Crippen LogP contribution in [-0.4, -0.2) is 29.1 Å². The molecule has 1 aromatic heterocycles. The smallest absolute Gasteiger partial charge is 0.137 e. The van der Waals surface area contributed by atoms with E-state index in [-0.39, 0.29) is 0 Å². The number of anilines is 2. The summed E-state index contributed by atoms with van der Waals surface area (Å²) in [7, 11) is 0. The lowest BCUT2D eigenvalue weighted by Crippen LogP contribution is -2.30. The summed E-state index contributed by atoms with van der Waals surface area (Å²) in [5.41, 5.74) is 1.19. The molecule has 4 nitrogen and oxygen atoms in total. The lowest BCUT2D eigenvalue weighted by molar-refractivity contribution is 0.638. The molecule has 1 aromatic rings. The van der Waals surface area contributed by atoms with E-state index >= 15 is 0 Å². The Bertz CT molecular complexity index is 430. The van der Waals surface area contributed by atoms with Crippen molar-refractivity contribution in [3.63, 3.8) is 0 Å². The van der Waals surface area contributed by atoms with Crippen LogP contribution < -0.4 is 10.2 Å². The van der Waals surface area contributed by atoms with Crippen molar-refractivity contribution < 1.29 is 0 Å². The van der Waals surface area contributed by atoms with Crippen LogP contribution in [-0.2, 0) is 0 Å². The van der Waals surface area contributed by atoms with Crippen molar-refractivity contribution in [1.29, 1.82) is 0 Å². The van der Waals surface area contributed by atoms with Crippen LogP contribution >= 0.6 is 0 Å². The number of rotatable bonds is 5. The summed E-state index contributed by atoms with van der Waals surface area (Å²) in [6.45, 7) is 10.7. The summed E-state index contributed by atoms with van der Waals surface area (Å²) in [5, 5.41) is 3.42. The molecule has 0 amide bonds. The molecule has 0 saturated carbocycles. The third-order valence-electron chi connectivity index (χ3n) is 3.89. The van der Waals surface area contributed by atoms with Crippen LogP contribution in [0.5, 0.6) is 0 Å². The standard InChI is InChI=1S/C15H26N4/c1-5-9-16-14-11(3)15(18-12(4)17-14)19-10-7-8-13(19)6-2/h13H,5-10H2,1-4H3,(H,16,17,18). The van der Waals surface area contributed by atoms with E-state index in [9.17, 15) is 0 Å². The first-order chi connectivity index (χ1) is 9.17. The maximum Gasteiger partial charge on any atom is 0.137 e. The quantitative estimate of drug-likeness (QED) is 0.884. The van der Waals surface area contributed by atoms with Crippen LogP contribution in [0, 0.1) is 13.8 Å². The van der Waals surface area contributed by atoms with Crippen LogP contribution in [0.25, 0.3) is 0 Å². The van der Waals surface area contributed by atoms with Gasteiger partial charge in [0.1, 0.15) is 17.5 Å². The third-order valence-corrected chi connectivity index (χ3v) is 3.89.